The Morgan fingerprint density at radius 1 is 1.33 bits per heavy atom. The van der Waals surface area contributed by atoms with Crippen molar-refractivity contribution in [2.24, 2.45) is 0 Å². The molecule has 3 heteroatoms. The van der Waals surface area contributed by atoms with Crippen molar-refractivity contribution >= 4 is 16.6 Å². The van der Waals surface area contributed by atoms with Crippen molar-refractivity contribution in [3.05, 3.63) is 35.5 Å². The Morgan fingerprint density at radius 3 is 3.20 bits per heavy atom. The summed E-state index contributed by atoms with van der Waals surface area (Å²) in [4.78, 5) is 4.40. The van der Waals surface area contributed by atoms with Crippen LogP contribution in [-0.4, -0.2) is 11.6 Å². The molecular formula is C12H12N2O. The Bertz CT molecular complexity index is 522. The minimum Gasteiger partial charge on any atom is -0.399 e. The van der Waals surface area contributed by atoms with Gasteiger partial charge in [-0.2, -0.15) is 0 Å². The molecule has 2 aromatic rings. The van der Waals surface area contributed by atoms with Crippen molar-refractivity contribution in [3.8, 4) is 0 Å². The second kappa shape index (κ2) is 3.21. The summed E-state index contributed by atoms with van der Waals surface area (Å²) in [5, 5.41) is 1.18. The molecule has 0 amide bonds. The van der Waals surface area contributed by atoms with Crippen LogP contribution in [0, 0.1) is 0 Å². The standard InChI is InChI=1S/C12H12N2O/c13-9-1-2-12-11(5-9)10-3-4-15-7-8(10)6-14-12/h1-2,5-6H,3-4,7,13H2. The van der Waals surface area contributed by atoms with E-state index < -0.39 is 0 Å². The number of fused-ring (bicyclic) bond motifs is 3. The van der Waals surface area contributed by atoms with Gasteiger partial charge in [-0.3, -0.25) is 4.98 Å². The van der Waals surface area contributed by atoms with E-state index in [2.05, 4.69) is 4.98 Å². The van der Waals surface area contributed by atoms with E-state index >= 15 is 0 Å². The molecule has 15 heavy (non-hydrogen) atoms. The summed E-state index contributed by atoms with van der Waals surface area (Å²) in [6, 6.07) is 5.87. The van der Waals surface area contributed by atoms with Crippen molar-refractivity contribution in [1.82, 2.24) is 4.98 Å². The fraction of sp³-hybridized carbons (Fsp3) is 0.250. The first-order valence-corrected chi connectivity index (χ1v) is 5.08. The maximum Gasteiger partial charge on any atom is 0.0734 e. The topological polar surface area (TPSA) is 48.1 Å². The highest BCUT2D eigenvalue weighted by molar-refractivity contribution is 5.86. The minimum absolute atomic E-state index is 0.674. The van der Waals surface area contributed by atoms with Crippen LogP contribution in [0.15, 0.2) is 24.4 Å². The summed E-state index contributed by atoms with van der Waals surface area (Å²) in [5.74, 6) is 0. The van der Waals surface area contributed by atoms with Crippen molar-refractivity contribution in [2.45, 2.75) is 13.0 Å². The van der Waals surface area contributed by atoms with E-state index in [-0.39, 0.29) is 0 Å². The highest BCUT2D eigenvalue weighted by Gasteiger charge is 2.13. The van der Waals surface area contributed by atoms with Crippen LogP contribution in [0.25, 0.3) is 10.9 Å². The predicted octanol–water partition coefficient (Wildman–Crippen LogP) is 1.89. The van der Waals surface area contributed by atoms with Crippen LogP contribution < -0.4 is 5.73 Å². The van der Waals surface area contributed by atoms with Crippen molar-refractivity contribution in [2.75, 3.05) is 12.3 Å². The number of benzene rings is 1. The second-order valence-electron chi connectivity index (χ2n) is 3.84. The first kappa shape index (κ1) is 8.68. The van der Waals surface area contributed by atoms with E-state index in [9.17, 15) is 0 Å². The molecule has 0 spiro atoms. The molecule has 0 atom stereocenters. The van der Waals surface area contributed by atoms with E-state index in [0.717, 1.165) is 24.2 Å². The average Bonchev–Trinajstić information content (AvgIpc) is 2.29. The van der Waals surface area contributed by atoms with Gasteiger partial charge in [0.25, 0.3) is 0 Å². The summed E-state index contributed by atoms with van der Waals surface area (Å²) >= 11 is 0. The van der Waals surface area contributed by atoms with Crippen molar-refractivity contribution in [3.63, 3.8) is 0 Å². The third kappa shape index (κ3) is 1.36. The normalized spacial score (nSPS) is 15.2. The zero-order chi connectivity index (χ0) is 10.3. The summed E-state index contributed by atoms with van der Waals surface area (Å²) in [5.41, 5.74) is 10.2. The SMILES string of the molecule is Nc1ccc2ncc3c(c2c1)CCOC3. The molecule has 0 fully saturated rings. The summed E-state index contributed by atoms with van der Waals surface area (Å²) in [6.07, 6.45) is 2.87. The first-order valence-electron chi connectivity index (χ1n) is 5.08. The lowest BCUT2D eigenvalue weighted by atomic mass is 9.99. The monoisotopic (exact) mass is 200 g/mol. The average molecular weight is 200 g/mol. The number of rotatable bonds is 0. The number of nitrogens with zero attached hydrogens (tertiary/aromatic N) is 1. The van der Waals surface area contributed by atoms with Gasteiger partial charge in [-0.1, -0.05) is 0 Å². The minimum atomic E-state index is 0.674. The van der Waals surface area contributed by atoms with Gasteiger partial charge in [0.2, 0.25) is 0 Å². The van der Waals surface area contributed by atoms with E-state index in [1.807, 2.05) is 24.4 Å². The fourth-order valence-electron chi connectivity index (χ4n) is 2.08. The molecule has 2 heterocycles. The van der Waals surface area contributed by atoms with Crippen LogP contribution in [0.4, 0.5) is 5.69 Å². The summed E-state index contributed by atoms with van der Waals surface area (Å²) in [7, 11) is 0. The van der Waals surface area contributed by atoms with Gasteiger partial charge in [-0.25, -0.2) is 0 Å². The molecule has 1 aliphatic rings. The Balaban J connectivity index is 2.34. The van der Waals surface area contributed by atoms with E-state index in [4.69, 9.17) is 10.5 Å². The molecule has 0 saturated carbocycles. The van der Waals surface area contributed by atoms with Crippen LogP contribution in [0.3, 0.4) is 0 Å². The van der Waals surface area contributed by atoms with Gasteiger partial charge in [0.05, 0.1) is 18.7 Å². The maximum atomic E-state index is 5.80. The third-order valence-electron chi connectivity index (χ3n) is 2.85. The molecule has 1 aliphatic heterocycles. The largest absolute Gasteiger partial charge is 0.399 e. The van der Waals surface area contributed by atoms with E-state index in [1.54, 1.807) is 0 Å². The molecule has 0 aliphatic carbocycles. The molecule has 3 rings (SSSR count). The van der Waals surface area contributed by atoms with Gasteiger partial charge in [0, 0.05) is 17.3 Å². The number of hydrogen-bond donors (Lipinski definition) is 1. The zero-order valence-corrected chi connectivity index (χ0v) is 8.36. The van der Waals surface area contributed by atoms with Crippen LogP contribution in [-0.2, 0) is 17.8 Å². The number of ether oxygens (including phenoxy) is 1. The quantitative estimate of drug-likeness (QED) is 0.660. The van der Waals surface area contributed by atoms with Gasteiger partial charge in [0.15, 0.2) is 0 Å². The van der Waals surface area contributed by atoms with Crippen molar-refractivity contribution < 1.29 is 4.74 Å². The molecule has 76 valence electrons. The van der Waals surface area contributed by atoms with Gasteiger partial charge in [-0.15, -0.1) is 0 Å². The smallest absolute Gasteiger partial charge is 0.0734 e. The third-order valence-corrected chi connectivity index (χ3v) is 2.85. The molecular weight excluding hydrogens is 188 g/mol. The maximum absolute atomic E-state index is 5.80. The molecule has 1 aromatic carbocycles. The number of hydrogen-bond acceptors (Lipinski definition) is 3. The van der Waals surface area contributed by atoms with Gasteiger partial charge in [0.1, 0.15) is 0 Å². The Kier molecular flexibility index (Phi) is 1.86. The Labute approximate surface area is 87.9 Å². The molecule has 0 bridgehead atoms. The number of pyridine rings is 1. The lowest BCUT2D eigenvalue weighted by molar-refractivity contribution is 0.111. The van der Waals surface area contributed by atoms with E-state index in [0.29, 0.717) is 6.61 Å². The van der Waals surface area contributed by atoms with Gasteiger partial charge < -0.3 is 10.5 Å². The lowest BCUT2D eigenvalue weighted by Crippen LogP contribution is -2.10. The summed E-state index contributed by atoms with van der Waals surface area (Å²) < 4.78 is 5.40. The fourth-order valence-corrected chi connectivity index (χ4v) is 2.08. The molecule has 0 unspecified atom stereocenters. The van der Waals surface area contributed by atoms with Gasteiger partial charge >= 0.3 is 0 Å². The highest BCUT2D eigenvalue weighted by atomic mass is 16.5. The zero-order valence-electron chi connectivity index (χ0n) is 8.36. The first-order chi connectivity index (χ1) is 7.34. The highest BCUT2D eigenvalue weighted by Crippen LogP contribution is 2.26. The van der Waals surface area contributed by atoms with Crippen LogP contribution in [0.2, 0.25) is 0 Å². The van der Waals surface area contributed by atoms with Crippen LogP contribution in [0.1, 0.15) is 11.1 Å². The van der Waals surface area contributed by atoms with Gasteiger partial charge in [-0.05, 0) is 35.7 Å². The Morgan fingerprint density at radius 2 is 2.27 bits per heavy atom. The molecule has 0 saturated heterocycles. The van der Waals surface area contributed by atoms with Crippen LogP contribution in [0.5, 0.6) is 0 Å². The molecule has 1 aromatic heterocycles. The Hall–Kier alpha value is -1.61. The number of nitrogens with two attached hydrogens (primary N) is 1. The lowest BCUT2D eigenvalue weighted by Gasteiger charge is -2.17. The second-order valence-corrected chi connectivity index (χ2v) is 3.84. The predicted molar refractivity (Wildman–Crippen MR) is 59.5 cm³/mol. The number of anilines is 1. The summed E-state index contributed by atoms with van der Waals surface area (Å²) in [6.45, 7) is 1.47. The number of nitrogen functional groups attached to an aromatic ring is 1. The van der Waals surface area contributed by atoms with Crippen molar-refractivity contribution in [1.29, 1.82) is 0 Å². The molecule has 2 N–H and O–H groups in total. The van der Waals surface area contributed by atoms with Crippen LogP contribution >= 0.6 is 0 Å². The molecule has 3 nitrogen and oxygen atoms in total. The molecule has 0 radical (unpaired) electrons. The van der Waals surface area contributed by atoms with E-state index in [1.165, 1.54) is 16.5 Å². The number of aromatic nitrogens is 1.